The van der Waals surface area contributed by atoms with Crippen molar-refractivity contribution in [2.75, 3.05) is 36.5 Å². The molecule has 0 bridgehead atoms. The molecule has 1 aromatic carbocycles. The number of carbonyl (C=O) groups is 3. The number of nitrogens with one attached hydrogen (secondary N) is 2. The molecule has 3 amide bonds. The first-order valence-corrected chi connectivity index (χ1v) is 9.16. The monoisotopic (exact) mass is 412 g/mol. The minimum absolute atomic E-state index is 0.113. The summed E-state index contributed by atoms with van der Waals surface area (Å²) in [6, 6.07) is 2.86. The molecule has 1 fully saturated rings. The van der Waals surface area contributed by atoms with Crippen molar-refractivity contribution < 1.29 is 27.9 Å². The van der Waals surface area contributed by atoms with Gasteiger partial charge in [0, 0.05) is 35.4 Å². The van der Waals surface area contributed by atoms with Gasteiger partial charge in [-0.2, -0.15) is 0 Å². The topological polar surface area (TPSA) is 114 Å². The zero-order valence-corrected chi connectivity index (χ0v) is 16.6. The maximum absolute atomic E-state index is 13.6. The quantitative estimate of drug-likeness (QED) is 0.654. The largest absolute Gasteiger partial charge is 0.370 e. The van der Waals surface area contributed by atoms with Crippen molar-refractivity contribution in [3.05, 3.63) is 23.8 Å². The van der Waals surface area contributed by atoms with Crippen LogP contribution in [0.25, 0.3) is 0 Å². The van der Waals surface area contributed by atoms with E-state index in [9.17, 15) is 23.2 Å². The first kappa shape index (κ1) is 22.7. The highest BCUT2D eigenvalue weighted by Gasteiger charge is 2.28. The summed E-state index contributed by atoms with van der Waals surface area (Å²) in [7, 11) is 0. The molecule has 29 heavy (non-hydrogen) atoms. The second-order valence-corrected chi connectivity index (χ2v) is 7.67. The zero-order chi connectivity index (χ0) is 21.8. The number of halogens is 2. The third-order valence-electron chi connectivity index (χ3n) is 4.36. The summed E-state index contributed by atoms with van der Waals surface area (Å²) in [5, 5.41) is 4.91. The van der Waals surface area contributed by atoms with E-state index in [4.69, 9.17) is 10.5 Å². The van der Waals surface area contributed by atoms with Crippen molar-refractivity contribution in [1.82, 2.24) is 5.32 Å². The number of hydrogen-bond donors (Lipinski definition) is 3. The Bertz CT molecular complexity index is 780. The molecule has 2 rings (SSSR count). The van der Waals surface area contributed by atoms with E-state index < -0.39 is 35.3 Å². The minimum Gasteiger partial charge on any atom is -0.370 e. The van der Waals surface area contributed by atoms with Gasteiger partial charge in [0.1, 0.15) is 12.6 Å². The first-order valence-electron chi connectivity index (χ1n) is 9.16. The lowest BCUT2D eigenvalue weighted by molar-refractivity contribution is -0.131. The number of rotatable bonds is 6. The van der Waals surface area contributed by atoms with Crippen molar-refractivity contribution in [2.45, 2.75) is 33.2 Å². The molecule has 1 atom stereocenters. The summed E-state index contributed by atoms with van der Waals surface area (Å²) in [6.45, 7) is 5.27. The van der Waals surface area contributed by atoms with E-state index in [1.54, 1.807) is 20.8 Å². The van der Waals surface area contributed by atoms with Crippen LogP contribution in [-0.4, -0.2) is 50.1 Å². The van der Waals surface area contributed by atoms with Crippen LogP contribution in [0.2, 0.25) is 0 Å². The Morgan fingerprint density at radius 1 is 1.31 bits per heavy atom. The molecule has 4 N–H and O–H groups in total. The van der Waals surface area contributed by atoms with E-state index in [0.29, 0.717) is 12.3 Å². The van der Waals surface area contributed by atoms with Crippen molar-refractivity contribution in [1.29, 1.82) is 0 Å². The Labute approximate surface area is 167 Å². The fourth-order valence-corrected chi connectivity index (χ4v) is 2.63. The standard InChI is InChI=1S/C19H26F2N4O4/c1-19(2,3)18(28)24-14(9-22)17(27)23-13-5-4-11(8-12(13)16(20)21)25-6-7-29-10-15(25)26/h4-5,8,14,16H,6-7,9-10,22H2,1-3H3,(H,23,27)(H,24,28)/t14-/m1/s1. The summed E-state index contributed by atoms with van der Waals surface area (Å²) in [6.07, 6.45) is -2.89. The number of morpholine rings is 1. The lowest BCUT2D eigenvalue weighted by Crippen LogP contribution is -2.51. The van der Waals surface area contributed by atoms with Gasteiger partial charge in [0.15, 0.2) is 0 Å². The second kappa shape index (κ2) is 9.27. The smallest absolute Gasteiger partial charge is 0.265 e. The number of ether oxygens (including phenoxy) is 1. The summed E-state index contributed by atoms with van der Waals surface area (Å²) in [5.41, 5.74) is 4.58. The lowest BCUT2D eigenvalue weighted by Gasteiger charge is -2.28. The predicted molar refractivity (Wildman–Crippen MR) is 104 cm³/mol. The van der Waals surface area contributed by atoms with Crippen LogP contribution in [0.3, 0.4) is 0 Å². The van der Waals surface area contributed by atoms with Gasteiger partial charge in [0.25, 0.3) is 12.3 Å². The molecule has 1 heterocycles. The van der Waals surface area contributed by atoms with Gasteiger partial charge in [-0.25, -0.2) is 8.78 Å². The van der Waals surface area contributed by atoms with Crippen LogP contribution in [0.5, 0.6) is 0 Å². The number of amides is 3. The summed E-state index contributed by atoms with van der Waals surface area (Å²) in [5.74, 6) is -1.43. The maximum atomic E-state index is 13.6. The summed E-state index contributed by atoms with van der Waals surface area (Å²) < 4.78 is 32.2. The van der Waals surface area contributed by atoms with Crippen LogP contribution >= 0.6 is 0 Å². The van der Waals surface area contributed by atoms with Crippen LogP contribution in [0, 0.1) is 5.41 Å². The van der Waals surface area contributed by atoms with Crippen molar-refractivity contribution in [3.8, 4) is 0 Å². The van der Waals surface area contributed by atoms with Crippen LogP contribution in [-0.2, 0) is 19.1 Å². The highest BCUT2D eigenvalue weighted by molar-refractivity contribution is 5.99. The van der Waals surface area contributed by atoms with Crippen LogP contribution < -0.4 is 21.3 Å². The molecular formula is C19H26F2N4O4. The molecule has 8 nitrogen and oxygen atoms in total. The number of nitrogens with zero attached hydrogens (tertiary/aromatic N) is 1. The first-order chi connectivity index (χ1) is 13.5. The van der Waals surface area contributed by atoms with Crippen LogP contribution in [0.1, 0.15) is 32.8 Å². The second-order valence-electron chi connectivity index (χ2n) is 7.67. The average molecular weight is 412 g/mol. The Balaban J connectivity index is 2.21. The van der Waals surface area contributed by atoms with E-state index >= 15 is 0 Å². The van der Waals surface area contributed by atoms with Gasteiger partial charge in [-0.15, -0.1) is 0 Å². The highest BCUT2D eigenvalue weighted by Crippen LogP contribution is 2.32. The summed E-state index contributed by atoms with van der Waals surface area (Å²) in [4.78, 5) is 37.9. The number of anilines is 2. The van der Waals surface area contributed by atoms with E-state index in [1.807, 2.05) is 0 Å². The molecule has 1 aromatic rings. The predicted octanol–water partition coefficient (Wildman–Crippen LogP) is 1.42. The van der Waals surface area contributed by atoms with E-state index in [0.717, 1.165) is 6.07 Å². The molecule has 1 saturated heterocycles. The van der Waals surface area contributed by atoms with Crippen LogP contribution in [0.4, 0.5) is 20.2 Å². The molecular weight excluding hydrogens is 386 g/mol. The van der Waals surface area contributed by atoms with Crippen molar-refractivity contribution in [3.63, 3.8) is 0 Å². The van der Waals surface area contributed by atoms with Gasteiger partial charge in [-0.3, -0.25) is 14.4 Å². The molecule has 160 valence electrons. The van der Waals surface area contributed by atoms with Crippen molar-refractivity contribution >= 4 is 29.1 Å². The summed E-state index contributed by atoms with van der Waals surface area (Å²) >= 11 is 0. The van der Waals surface area contributed by atoms with E-state index in [-0.39, 0.29) is 31.3 Å². The Hall–Kier alpha value is -2.59. The minimum atomic E-state index is -2.89. The van der Waals surface area contributed by atoms with E-state index in [1.165, 1.54) is 17.0 Å². The van der Waals surface area contributed by atoms with Gasteiger partial charge in [-0.05, 0) is 18.2 Å². The van der Waals surface area contributed by atoms with Gasteiger partial charge in [0.2, 0.25) is 11.8 Å². The number of hydrogen-bond acceptors (Lipinski definition) is 5. The molecule has 0 saturated carbocycles. The Kier molecular flexibility index (Phi) is 7.26. The number of carbonyl (C=O) groups excluding carboxylic acids is 3. The molecule has 1 aliphatic heterocycles. The van der Waals surface area contributed by atoms with Gasteiger partial charge >= 0.3 is 0 Å². The normalized spacial score (nSPS) is 16.0. The SMILES string of the molecule is CC(C)(C)C(=O)N[C@H](CN)C(=O)Nc1ccc(N2CCOCC2=O)cc1C(F)F. The van der Waals surface area contributed by atoms with Gasteiger partial charge < -0.3 is 26.0 Å². The maximum Gasteiger partial charge on any atom is 0.265 e. The zero-order valence-electron chi connectivity index (χ0n) is 16.6. The third-order valence-corrected chi connectivity index (χ3v) is 4.36. The van der Waals surface area contributed by atoms with Gasteiger partial charge in [-0.1, -0.05) is 20.8 Å². The Morgan fingerprint density at radius 3 is 2.55 bits per heavy atom. The molecule has 0 spiro atoms. The van der Waals surface area contributed by atoms with Crippen molar-refractivity contribution in [2.24, 2.45) is 11.1 Å². The third kappa shape index (κ3) is 5.70. The number of nitrogens with two attached hydrogens (primary N) is 1. The van der Waals surface area contributed by atoms with E-state index in [2.05, 4.69) is 10.6 Å². The van der Waals surface area contributed by atoms with Gasteiger partial charge in [0.05, 0.1) is 6.61 Å². The molecule has 1 aliphatic rings. The molecule has 0 aliphatic carbocycles. The fraction of sp³-hybridized carbons (Fsp3) is 0.526. The lowest BCUT2D eigenvalue weighted by atomic mass is 9.95. The highest BCUT2D eigenvalue weighted by atomic mass is 19.3. The number of benzene rings is 1. The Morgan fingerprint density at radius 2 is 2.00 bits per heavy atom. The molecule has 0 aromatic heterocycles. The molecule has 0 unspecified atom stereocenters. The average Bonchev–Trinajstić information content (AvgIpc) is 2.65. The number of alkyl halides is 2. The molecule has 10 heteroatoms. The van der Waals surface area contributed by atoms with Crippen LogP contribution in [0.15, 0.2) is 18.2 Å². The molecule has 0 radical (unpaired) electrons. The fourth-order valence-electron chi connectivity index (χ4n) is 2.63.